The Hall–Kier alpha value is -1.06. The molecule has 4 heteroatoms. The largest absolute Gasteiger partial charge is 0.461 e. The number of amides is 1. The summed E-state index contributed by atoms with van der Waals surface area (Å²) < 4.78 is 5.28. The summed E-state index contributed by atoms with van der Waals surface area (Å²) >= 11 is 0. The van der Waals surface area contributed by atoms with Gasteiger partial charge in [0.2, 0.25) is 5.91 Å². The number of carbonyl (C=O) groups is 2. The van der Waals surface area contributed by atoms with Crippen molar-refractivity contribution in [3.8, 4) is 0 Å². The van der Waals surface area contributed by atoms with Gasteiger partial charge in [-0.1, -0.05) is 64.7 Å². The Morgan fingerprint density at radius 2 is 1.58 bits per heavy atom. The molecule has 0 radical (unpaired) electrons. The SMILES string of the molecule is CCCCCCCCCCCCN1C(=O)CCC1C(=O)OC(C)C. The second kappa shape index (κ2) is 12.3. The standard InChI is InChI=1S/C20H37NO3/c1-4-5-6-7-8-9-10-11-12-13-16-21-18(14-15-19(21)22)20(23)24-17(2)3/h17-18H,4-16H2,1-3H3. The van der Waals surface area contributed by atoms with Gasteiger partial charge in [0.05, 0.1) is 6.10 Å². The molecule has 1 amide bonds. The number of unbranched alkanes of at least 4 members (excludes halogenated alkanes) is 9. The number of hydrogen-bond acceptors (Lipinski definition) is 3. The summed E-state index contributed by atoms with van der Waals surface area (Å²) in [6.45, 7) is 6.65. The van der Waals surface area contributed by atoms with E-state index in [0.29, 0.717) is 19.4 Å². The fraction of sp³-hybridized carbons (Fsp3) is 0.900. The molecular weight excluding hydrogens is 302 g/mol. The van der Waals surface area contributed by atoms with E-state index in [4.69, 9.17) is 4.74 Å². The second-order valence-electron chi connectivity index (χ2n) is 7.31. The lowest BCUT2D eigenvalue weighted by Crippen LogP contribution is -2.40. The van der Waals surface area contributed by atoms with Crippen LogP contribution in [-0.2, 0) is 14.3 Å². The first-order valence-electron chi connectivity index (χ1n) is 10.1. The fourth-order valence-electron chi connectivity index (χ4n) is 3.34. The van der Waals surface area contributed by atoms with Crippen LogP contribution in [0.3, 0.4) is 0 Å². The molecule has 1 aliphatic heterocycles. The van der Waals surface area contributed by atoms with Crippen molar-refractivity contribution in [2.24, 2.45) is 0 Å². The topological polar surface area (TPSA) is 46.6 Å². The molecule has 0 saturated carbocycles. The molecule has 0 aromatic rings. The van der Waals surface area contributed by atoms with Gasteiger partial charge in [0.15, 0.2) is 0 Å². The van der Waals surface area contributed by atoms with Crippen LogP contribution in [0.1, 0.15) is 97.8 Å². The van der Waals surface area contributed by atoms with E-state index in [9.17, 15) is 9.59 Å². The Kier molecular flexibility index (Phi) is 10.8. The van der Waals surface area contributed by atoms with E-state index in [-0.39, 0.29) is 24.0 Å². The van der Waals surface area contributed by atoms with Crippen molar-refractivity contribution in [2.45, 2.75) is 110 Å². The number of rotatable bonds is 13. The lowest BCUT2D eigenvalue weighted by molar-refractivity contribution is -0.155. The van der Waals surface area contributed by atoms with Crippen molar-refractivity contribution >= 4 is 11.9 Å². The zero-order valence-corrected chi connectivity index (χ0v) is 16.0. The first-order valence-corrected chi connectivity index (χ1v) is 10.1. The van der Waals surface area contributed by atoms with Crippen molar-refractivity contribution in [1.29, 1.82) is 0 Å². The Morgan fingerprint density at radius 3 is 2.12 bits per heavy atom. The van der Waals surface area contributed by atoms with Crippen LogP contribution in [0.2, 0.25) is 0 Å². The zero-order chi connectivity index (χ0) is 17.8. The summed E-state index contributed by atoms with van der Waals surface area (Å²) in [6, 6.07) is -0.349. The van der Waals surface area contributed by atoms with Crippen LogP contribution < -0.4 is 0 Å². The van der Waals surface area contributed by atoms with Crippen LogP contribution in [0, 0.1) is 0 Å². The van der Waals surface area contributed by atoms with Gasteiger partial charge in [0.25, 0.3) is 0 Å². The summed E-state index contributed by atoms with van der Waals surface area (Å²) in [7, 11) is 0. The molecule has 0 aliphatic carbocycles. The van der Waals surface area contributed by atoms with Gasteiger partial charge in [-0.3, -0.25) is 4.79 Å². The van der Waals surface area contributed by atoms with Gasteiger partial charge in [-0.25, -0.2) is 4.79 Å². The second-order valence-corrected chi connectivity index (χ2v) is 7.31. The van der Waals surface area contributed by atoms with Crippen molar-refractivity contribution in [3.63, 3.8) is 0 Å². The summed E-state index contributed by atoms with van der Waals surface area (Å²) in [4.78, 5) is 25.8. The number of nitrogens with zero attached hydrogens (tertiary/aromatic N) is 1. The van der Waals surface area contributed by atoms with E-state index < -0.39 is 0 Å². The van der Waals surface area contributed by atoms with Crippen molar-refractivity contribution < 1.29 is 14.3 Å². The fourth-order valence-corrected chi connectivity index (χ4v) is 3.34. The third kappa shape index (κ3) is 8.16. The molecule has 0 spiro atoms. The number of likely N-dealkylation sites (tertiary alicyclic amines) is 1. The monoisotopic (exact) mass is 339 g/mol. The highest BCUT2D eigenvalue weighted by Gasteiger charge is 2.36. The maximum Gasteiger partial charge on any atom is 0.329 e. The molecule has 1 fully saturated rings. The Labute approximate surface area is 148 Å². The Balaban J connectivity index is 2.12. The van der Waals surface area contributed by atoms with Gasteiger partial charge in [-0.2, -0.15) is 0 Å². The van der Waals surface area contributed by atoms with Gasteiger partial charge >= 0.3 is 5.97 Å². The Bertz CT molecular complexity index is 368. The summed E-state index contributed by atoms with van der Waals surface area (Å²) in [5.41, 5.74) is 0. The smallest absolute Gasteiger partial charge is 0.329 e. The molecule has 1 saturated heterocycles. The number of esters is 1. The van der Waals surface area contributed by atoms with Crippen LogP contribution in [0.4, 0.5) is 0 Å². The maximum absolute atomic E-state index is 12.1. The minimum Gasteiger partial charge on any atom is -0.461 e. The van der Waals surface area contributed by atoms with Crippen LogP contribution in [-0.4, -0.2) is 35.5 Å². The van der Waals surface area contributed by atoms with Gasteiger partial charge in [0, 0.05) is 13.0 Å². The molecule has 140 valence electrons. The third-order valence-corrected chi connectivity index (χ3v) is 4.70. The lowest BCUT2D eigenvalue weighted by atomic mass is 10.1. The van der Waals surface area contributed by atoms with Crippen molar-refractivity contribution in [3.05, 3.63) is 0 Å². The quantitative estimate of drug-likeness (QED) is 0.356. The molecule has 0 N–H and O–H groups in total. The summed E-state index contributed by atoms with van der Waals surface area (Å²) in [5, 5.41) is 0. The predicted molar refractivity (Wildman–Crippen MR) is 97.8 cm³/mol. The molecule has 4 nitrogen and oxygen atoms in total. The summed E-state index contributed by atoms with van der Waals surface area (Å²) in [5.74, 6) is -0.125. The van der Waals surface area contributed by atoms with Crippen LogP contribution >= 0.6 is 0 Å². The zero-order valence-electron chi connectivity index (χ0n) is 16.0. The molecular formula is C20H37NO3. The first kappa shape index (κ1) is 21.0. The molecule has 1 unspecified atom stereocenters. The Morgan fingerprint density at radius 1 is 1.04 bits per heavy atom. The molecule has 1 rings (SSSR count). The number of carbonyl (C=O) groups excluding carboxylic acids is 2. The lowest BCUT2D eigenvalue weighted by Gasteiger charge is -2.24. The predicted octanol–water partition coefficient (Wildman–Crippen LogP) is 4.85. The molecule has 1 heterocycles. The maximum atomic E-state index is 12.1. The van der Waals surface area contributed by atoms with Crippen molar-refractivity contribution in [2.75, 3.05) is 6.54 Å². The number of ether oxygens (including phenoxy) is 1. The van der Waals surface area contributed by atoms with Gasteiger partial charge in [-0.05, 0) is 26.7 Å². The molecule has 1 atom stereocenters. The summed E-state index contributed by atoms with van der Waals surface area (Å²) in [6.07, 6.45) is 13.7. The van der Waals surface area contributed by atoms with E-state index in [1.54, 1.807) is 4.90 Å². The van der Waals surface area contributed by atoms with E-state index in [1.807, 2.05) is 13.8 Å². The first-order chi connectivity index (χ1) is 11.6. The molecule has 0 aromatic carbocycles. The van der Waals surface area contributed by atoms with Crippen LogP contribution in [0.5, 0.6) is 0 Å². The average molecular weight is 340 g/mol. The average Bonchev–Trinajstić information content (AvgIpc) is 2.89. The molecule has 24 heavy (non-hydrogen) atoms. The van der Waals surface area contributed by atoms with Gasteiger partial charge in [0.1, 0.15) is 6.04 Å². The van der Waals surface area contributed by atoms with E-state index in [0.717, 1.165) is 12.8 Å². The van der Waals surface area contributed by atoms with E-state index in [1.165, 1.54) is 51.4 Å². The highest BCUT2D eigenvalue weighted by Crippen LogP contribution is 2.21. The van der Waals surface area contributed by atoms with Crippen LogP contribution in [0.15, 0.2) is 0 Å². The number of hydrogen-bond donors (Lipinski definition) is 0. The molecule has 0 aromatic heterocycles. The minimum absolute atomic E-state index is 0.108. The normalized spacial score (nSPS) is 17.8. The van der Waals surface area contributed by atoms with Crippen LogP contribution in [0.25, 0.3) is 0 Å². The third-order valence-electron chi connectivity index (χ3n) is 4.70. The molecule has 0 bridgehead atoms. The van der Waals surface area contributed by atoms with E-state index in [2.05, 4.69) is 6.92 Å². The van der Waals surface area contributed by atoms with Gasteiger partial charge in [-0.15, -0.1) is 0 Å². The highest BCUT2D eigenvalue weighted by atomic mass is 16.5. The molecule has 1 aliphatic rings. The van der Waals surface area contributed by atoms with Crippen molar-refractivity contribution in [1.82, 2.24) is 4.90 Å². The van der Waals surface area contributed by atoms with Gasteiger partial charge < -0.3 is 9.64 Å². The minimum atomic E-state index is -0.349. The highest BCUT2D eigenvalue weighted by molar-refractivity contribution is 5.88. The van der Waals surface area contributed by atoms with E-state index >= 15 is 0 Å².